The average molecular weight is 220 g/mol. The number of anilines is 1. The van der Waals surface area contributed by atoms with Gasteiger partial charge >= 0.3 is 0 Å². The van der Waals surface area contributed by atoms with Crippen molar-refractivity contribution in [3.05, 3.63) is 29.8 Å². The summed E-state index contributed by atoms with van der Waals surface area (Å²) in [5, 5.41) is 2.73. The molecule has 16 heavy (non-hydrogen) atoms. The van der Waals surface area contributed by atoms with E-state index >= 15 is 0 Å². The van der Waals surface area contributed by atoms with E-state index in [2.05, 4.69) is 19.2 Å². The Balaban J connectivity index is 2.66. The minimum absolute atomic E-state index is 0.0563. The lowest BCUT2D eigenvalue weighted by atomic mass is 9.98. The molecule has 0 unspecified atom stereocenters. The maximum atomic E-state index is 10.8. The van der Waals surface area contributed by atoms with Gasteiger partial charge in [-0.15, -0.1) is 0 Å². The van der Waals surface area contributed by atoms with Gasteiger partial charge in [0.2, 0.25) is 5.91 Å². The second-order valence-electron chi connectivity index (χ2n) is 4.54. The summed E-state index contributed by atoms with van der Waals surface area (Å²) in [6.45, 7) is 5.81. The first-order chi connectivity index (χ1) is 7.49. The zero-order valence-corrected chi connectivity index (χ0v) is 10.2. The molecule has 1 aromatic rings. The Labute approximate surface area is 97.0 Å². The fraction of sp³-hybridized carbons (Fsp3) is 0.462. The van der Waals surface area contributed by atoms with Crippen LogP contribution in [0.1, 0.15) is 38.8 Å². The molecule has 3 N–H and O–H groups in total. The van der Waals surface area contributed by atoms with Gasteiger partial charge in [0.05, 0.1) is 0 Å². The monoisotopic (exact) mass is 220 g/mol. The second kappa shape index (κ2) is 5.66. The van der Waals surface area contributed by atoms with Crippen LogP contribution >= 0.6 is 0 Å². The molecule has 1 rings (SSSR count). The van der Waals surface area contributed by atoms with Crippen LogP contribution in [0.15, 0.2) is 24.3 Å². The van der Waals surface area contributed by atoms with Crippen LogP contribution in [-0.2, 0) is 4.79 Å². The van der Waals surface area contributed by atoms with Crippen molar-refractivity contribution < 1.29 is 4.79 Å². The highest BCUT2D eigenvalue weighted by Crippen LogP contribution is 2.20. The molecule has 0 aliphatic carbocycles. The molecule has 0 bridgehead atoms. The Bertz CT molecular complexity index is 343. The highest BCUT2D eigenvalue weighted by molar-refractivity contribution is 5.88. The molecule has 1 atom stereocenters. The van der Waals surface area contributed by atoms with Crippen molar-refractivity contribution in [2.24, 2.45) is 11.7 Å². The number of nitrogens with one attached hydrogen (secondary N) is 1. The van der Waals surface area contributed by atoms with Crippen molar-refractivity contribution in [1.82, 2.24) is 0 Å². The van der Waals surface area contributed by atoms with E-state index in [-0.39, 0.29) is 11.9 Å². The van der Waals surface area contributed by atoms with Gasteiger partial charge in [-0.25, -0.2) is 0 Å². The second-order valence-corrected chi connectivity index (χ2v) is 4.54. The quantitative estimate of drug-likeness (QED) is 0.819. The van der Waals surface area contributed by atoms with Crippen molar-refractivity contribution in [1.29, 1.82) is 0 Å². The van der Waals surface area contributed by atoms with Gasteiger partial charge < -0.3 is 11.1 Å². The summed E-state index contributed by atoms with van der Waals surface area (Å²) in [7, 11) is 0. The first-order valence-electron chi connectivity index (χ1n) is 5.62. The van der Waals surface area contributed by atoms with Crippen LogP contribution in [-0.4, -0.2) is 5.91 Å². The fourth-order valence-electron chi connectivity index (χ4n) is 1.66. The summed E-state index contributed by atoms with van der Waals surface area (Å²) >= 11 is 0. The summed E-state index contributed by atoms with van der Waals surface area (Å²) in [6.07, 6.45) is 0.972. The maximum absolute atomic E-state index is 10.8. The number of hydrogen-bond acceptors (Lipinski definition) is 2. The Morgan fingerprint density at radius 3 is 2.31 bits per heavy atom. The van der Waals surface area contributed by atoms with Gasteiger partial charge in [-0.05, 0) is 30.0 Å². The highest BCUT2D eigenvalue weighted by atomic mass is 16.1. The number of hydrogen-bond donors (Lipinski definition) is 2. The van der Waals surface area contributed by atoms with E-state index in [0.29, 0.717) is 5.92 Å². The van der Waals surface area contributed by atoms with Crippen LogP contribution in [0.4, 0.5) is 5.69 Å². The van der Waals surface area contributed by atoms with Crippen LogP contribution in [0.3, 0.4) is 0 Å². The van der Waals surface area contributed by atoms with Gasteiger partial charge in [-0.3, -0.25) is 4.79 Å². The third-order valence-electron chi connectivity index (χ3n) is 2.38. The normalized spacial score (nSPS) is 12.6. The van der Waals surface area contributed by atoms with Gasteiger partial charge in [0.25, 0.3) is 0 Å². The predicted octanol–water partition coefficient (Wildman–Crippen LogP) is 2.69. The lowest BCUT2D eigenvalue weighted by Crippen LogP contribution is -2.13. The third-order valence-corrected chi connectivity index (χ3v) is 2.38. The molecule has 1 amide bonds. The zero-order valence-electron chi connectivity index (χ0n) is 10.2. The molecule has 0 heterocycles. The fourth-order valence-corrected chi connectivity index (χ4v) is 1.66. The zero-order chi connectivity index (χ0) is 12.1. The number of benzene rings is 1. The first kappa shape index (κ1) is 12.7. The van der Waals surface area contributed by atoms with Crippen molar-refractivity contribution in [2.45, 2.75) is 33.2 Å². The van der Waals surface area contributed by atoms with E-state index in [1.807, 2.05) is 24.3 Å². The van der Waals surface area contributed by atoms with Gasteiger partial charge in [0.15, 0.2) is 0 Å². The van der Waals surface area contributed by atoms with Gasteiger partial charge in [0, 0.05) is 18.7 Å². The van der Waals surface area contributed by atoms with Crippen LogP contribution in [0.25, 0.3) is 0 Å². The summed E-state index contributed by atoms with van der Waals surface area (Å²) in [5.74, 6) is 0.532. The topological polar surface area (TPSA) is 55.1 Å². The molecule has 0 fully saturated rings. The minimum atomic E-state index is -0.0563. The maximum Gasteiger partial charge on any atom is 0.221 e. The number of carbonyl (C=O) groups excluding carboxylic acids is 1. The number of rotatable bonds is 4. The number of carbonyl (C=O) groups is 1. The van der Waals surface area contributed by atoms with E-state index in [9.17, 15) is 4.79 Å². The molecular formula is C13H20N2O. The minimum Gasteiger partial charge on any atom is -0.326 e. The largest absolute Gasteiger partial charge is 0.326 e. The molecule has 3 heteroatoms. The van der Waals surface area contributed by atoms with Crippen molar-refractivity contribution in [2.75, 3.05) is 5.32 Å². The Kier molecular flexibility index (Phi) is 4.50. The summed E-state index contributed by atoms with van der Waals surface area (Å²) in [5.41, 5.74) is 7.99. The van der Waals surface area contributed by atoms with Crippen molar-refractivity contribution in [3.63, 3.8) is 0 Å². The predicted molar refractivity (Wildman–Crippen MR) is 67.1 cm³/mol. The Morgan fingerprint density at radius 1 is 1.31 bits per heavy atom. The number of nitrogens with two attached hydrogens (primary N) is 1. The lowest BCUT2D eigenvalue weighted by Gasteiger charge is -2.14. The van der Waals surface area contributed by atoms with E-state index in [1.165, 1.54) is 6.92 Å². The van der Waals surface area contributed by atoms with Crippen LogP contribution in [0.2, 0.25) is 0 Å². The number of amides is 1. The summed E-state index contributed by atoms with van der Waals surface area (Å²) in [4.78, 5) is 10.8. The van der Waals surface area contributed by atoms with E-state index in [4.69, 9.17) is 5.73 Å². The van der Waals surface area contributed by atoms with Gasteiger partial charge in [0.1, 0.15) is 0 Å². The third kappa shape index (κ3) is 4.03. The van der Waals surface area contributed by atoms with Crippen molar-refractivity contribution >= 4 is 11.6 Å². The van der Waals surface area contributed by atoms with E-state index < -0.39 is 0 Å². The lowest BCUT2D eigenvalue weighted by molar-refractivity contribution is -0.114. The molecule has 0 spiro atoms. The van der Waals surface area contributed by atoms with Crippen LogP contribution in [0, 0.1) is 5.92 Å². The molecule has 1 aromatic carbocycles. The summed E-state index contributed by atoms with van der Waals surface area (Å²) < 4.78 is 0. The highest BCUT2D eigenvalue weighted by Gasteiger charge is 2.08. The SMILES string of the molecule is CC(=O)Nc1ccc([C@H](N)CC(C)C)cc1. The molecule has 0 saturated carbocycles. The van der Waals surface area contributed by atoms with E-state index in [0.717, 1.165) is 17.7 Å². The smallest absolute Gasteiger partial charge is 0.221 e. The standard InChI is InChI=1S/C13H20N2O/c1-9(2)8-13(14)11-4-6-12(7-5-11)15-10(3)16/h4-7,9,13H,8,14H2,1-3H3,(H,15,16)/t13-/m1/s1. The molecular weight excluding hydrogens is 200 g/mol. The molecule has 88 valence electrons. The molecule has 0 radical (unpaired) electrons. The molecule has 0 aliphatic rings. The molecule has 3 nitrogen and oxygen atoms in total. The molecule has 0 aromatic heterocycles. The van der Waals surface area contributed by atoms with Gasteiger partial charge in [-0.2, -0.15) is 0 Å². The van der Waals surface area contributed by atoms with Crippen LogP contribution in [0.5, 0.6) is 0 Å². The molecule has 0 aliphatic heterocycles. The van der Waals surface area contributed by atoms with Gasteiger partial charge in [-0.1, -0.05) is 26.0 Å². The Hall–Kier alpha value is -1.35. The van der Waals surface area contributed by atoms with Crippen LogP contribution < -0.4 is 11.1 Å². The van der Waals surface area contributed by atoms with E-state index in [1.54, 1.807) is 0 Å². The first-order valence-corrected chi connectivity index (χ1v) is 5.62. The van der Waals surface area contributed by atoms with Crippen molar-refractivity contribution in [3.8, 4) is 0 Å². The Morgan fingerprint density at radius 2 is 1.88 bits per heavy atom. The molecule has 0 saturated heterocycles. The summed E-state index contributed by atoms with van der Waals surface area (Å²) in [6, 6.07) is 7.79. The average Bonchev–Trinajstić information content (AvgIpc) is 2.16.